The van der Waals surface area contributed by atoms with Crippen LogP contribution in [0.2, 0.25) is 0 Å². The number of ether oxygens (including phenoxy) is 1. The lowest BCUT2D eigenvalue weighted by Gasteiger charge is -2.18. The molecule has 1 heterocycles. The van der Waals surface area contributed by atoms with Crippen LogP contribution in [0.1, 0.15) is 25.3 Å². The molecule has 0 saturated heterocycles. The van der Waals surface area contributed by atoms with Crippen LogP contribution in [0.25, 0.3) is 0 Å². The first kappa shape index (κ1) is 11.5. The molecule has 0 aliphatic rings. The first-order valence-electron chi connectivity index (χ1n) is 4.78. The zero-order valence-corrected chi connectivity index (χ0v) is 9.10. The topological polar surface area (TPSA) is 59.4 Å². The van der Waals surface area contributed by atoms with Gasteiger partial charge < -0.3 is 9.84 Å². The minimum absolute atomic E-state index is 0.0128. The Morgan fingerprint density at radius 1 is 1.53 bits per heavy atom. The molecule has 1 aromatic rings. The highest BCUT2D eigenvalue weighted by atomic mass is 16.5. The zero-order chi connectivity index (χ0) is 11.4. The van der Waals surface area contributed by atoms with Gasteiger partial charge in [0.15, 0.2) is 0 Å². The van der Waals surface area contributed by atoms with Gasteiger partial charge in [-0.25, -0.2) is 0 Å². The molecule has 1 unspecified atom stereocenters. The van der Waals surface area contributed by atoms with Crippen LogP contribution < -0.4 is 4.74 Å². The molecule has 0 bridgehead atoms. The molecule has 1 atom stereocenters. The highest BCUT2D eigenvalue weighted by Crippen LogP contribution is 2.31. The van der Waals surface area contributed by atoms with Crippen LogP contribution >= 0.6 is 0 Å². The fraction of sp³-hybridized carbons (Fsp3) is 0.455. The van der Waals surface area contributed by atoms with Crippen molar-refractivity contribution in [2.75, 3.05) is 7.11 Å². The third kappa shape index (κ3) is 2.46. The number of hydrogen-bond donors (Lipinski definition) is 1. The first-order valence-corrected chi connectivity index (χ1v) is 4.78. The molecule has 1 rings (SSSR count). The van der Waals surface area contributed by atoms with Crippen LogP contribution in [0.15, 0.2) is 18.5 Å². The molecule has 82 valence electrons. The van der Waals surface area contributed by atoms with Crippen LogP contribution in [-0.4, -0.2) is 23.2 Å². The van der Waals surface area contributed by atoms with Crippen molar-refractivity contribution in [3.8, 4) is 5.75 Å². The number of methoxy groups -OCH3 is 1. The van der Waals surface area contributed by atoms with Crippen molar-refractivity contribution in [3.63, 3.8) is 0 Å². The Labute approximate surface area is 88.9 Å². The van der Waals surface area contributed by atoms with E-state index in [2.05, 4.69) is 4.98 Å². The van der Waals surface area contributed by atoms with Crippen LogP contribution in [-0.2, 0) is 4.79 Å². The van der Waals surface area contributed by atoms with Gasteiger partial charge in [0.1, 0.15) is 5.75 Å². The predicted octanol–water partition coefficient (Wildman–Crippen LogP) is 1.91. The Morgan fingerprint density at radius 2 is 2.20 bits per heavy atom. The summed E-state index contributed by atoms with van der Waals surface area (Å²) in [5, 5.41) is 9.14. The number of aromatic nitrogens is 1. The van der Waals surface area contributed by atoms with Crippen LogP contribution in [0.3, 0.4) is 0 Å². The Balaban J connectivity index is 3.16. The van der Waals surface area contributed by atoms with E-state index in [-0.39, 0.29) is 5.92 Å². The summed E-state index contributed by atoms with van der Waals surface area (Å²) in [7, 11) is 1.51. The van der Waals surface area contributed by atoms with Gasteiger partial charge in [-0.2, -0.15) is 0 Å². The van der Waals surface area contributed by atoms with Crippen molar-refractivity contribution in [3.05, 3.63) is 24.0 Å². The maximum Gasteiger partial charge on any atom is 0.311 e. The molecule has 4 heteroatoms. The van der Waals surface area contributed by atoms with E-state index in [1.54, 1.807) is 12.3 Å². The zero-order valence-electron chi connectivity index (χ0n) is 9.10. The molecule has 0 aliphatic carbocycles. The average molecular weight is 209 g/mol. The van der Waals surface area contributed by atoms with Crippen molar-refractivity contribution < 1.29 is 14.6 Å². The molecule has 0 fully saturated rings. The normalized spacial score (nSPS) is 12.5. The van der Waals surface area contributed by atoms with Gasteiger partial charge in [-0.15, -0.1) is 0 Å². The third-order valence-electron chi connectivity index (χ3n) is 2.30. The Bertz CT molecular complexity index is 349. The summed E-state index contributed by atoms with van der Waals surface area (Å²) in [4.78, 5) is 15.0. The molecule has 1 N–H and O–H groups in total. The van der Waals surface area contributed by atoms with Gasteiger partial charge in [-0.05, 0) is 12.0 Å². The molecule has 15 heavy (non-hydrogen) atoms. The second kappa shape index (κ2) is 4.77. The average Bonchev–Trinajstić information content (AvgIpc) is 2.17. The van der Waals surface area contributed by atoms with Crippen molar-refractivity contribution in [2.45, 2.75) is 19.8 Å². The van der Waals surface area contributed by atoms with Crippen LogP contribution in [0.4, 0.5) is 0 Å². The lowest BCUT2D eigenvalue weighted by molar-refractivity contribution is -0.139. The van der Waals surface area contributed by atoms with Gasteiger partial charge in [0.25, 0.3) is 0 Å². The minimum Gasteiger partial charge on any atom is -0.495 e. The summed E-state index contributed by atoms with van der Waals surface area (Å²) in [6.07, 6.45) is 3.11. The van der Waals surface area contributed by atoms with Gasteiger partial charge in [0.05, 0.1) is 19.2 Å². The largest absolute Gasteiger partial charge is 0.495 e. The maximum absolute atomic E-state index is 11.1. The SMILES string of the molecule is COc1cnccc1C(C(=O)O)C(C)C. The summed E-state index contributed by atoms with van der Waals surface area (Å²) < 4.78 is 5.10. The van der Waals surface area contributed by atoms with E-state index in [1.165, 1.54) is 13.3 Å². The minimum atomic E-state index is -0.838. The van der Waals surface area contributed by atoms with Gasteiger partial charge in [0, 0.05) is 11.8 Å². The molecule has 0 saturated carbocycles. The highest BCUT2D eigenvalue weighted by molar-refractivity contribution is 5.77. The van der Waals surface area contributed by atoms with Crippen molar-refractivity contribution in [1.29, 1.82) is 0 Å². The third-order valence-corrected chi connectivity index (χ3v) is 2.30. The van der Waals surface area contributed by atoms with Crippen molar-refractivity contribution in [1.82, 2.24) is 4.98 Å². The molecular formula is C11H15NO3. The number of carbonyl (C=O) groups is 1. The monoisotopic (exact) mass is 209 g/mol. The number of aliphatic carboxylic acids is 1. The second-order valence-corrected chi connectivity index (χ2v) is 3.68. The molecule has 4 nitrogen and oxygen atoms in total. The van der Waals surface area contributed by atoms with Crippen molar-refractivity contribution >= 4 is 5.97 Å². The van der Waals surface area contributed by atoms with E-state index < -0.39 is 11.9 Å². The van der Waals surface area contributed by atoms with E-state index in [0.29, 0.717) is 11.3 Å². The standard InChI is InChI=1S/C11H15NO3/c1-7(2)10(11(13)14)8-4-5-12-6-9(8)15-3/h4-7,10H,1-3H3,(H,13,14). The van der Waals surface area contributed by atoms with Gasteiger partial charge in [-0.3, -0.25) is 9.78 Å². The molecule has 0 amide bonds. The summed E-state index contributed by atoms with van der Waals surface area (Å²) in [5.74, 6) is -0.852. The summed E-state index contributed by atoms with van der Waals surface area (Å²) in [6.45, 7) is 3.75. The Morgan fingerprint density at radius 3 is 2.67 bits per heavy atom. The second-order valence-electron chi connectivity index (χ2n) is 3.68. The summed E-state index contributed by atoms with van der Waals surface area (Å²) >= 11 is 0. The molecule has 0 aromatic carbocycles. The molecule has 0 spiro atoms. The van der Waals surface area contributed by atoms with E-state index in [0.717, 1.165) is 0 Å². The molecular weight excluding hydrogens is 194 g/mol. The smallest absolute Gasteiger partial charge is 0.311 e. The molecule has 0 aliphatic heterocycles. The van der Waals surface area contributed by atoms with Crippen LogP contribution in [0.5, 0.6) is 5.75 Å². The maximum atomic E-state index is 11.1. The highest BCUT2D eigenvalue weighted by Gasteiger charge is 2.26. The quantitative estimate of drug-likeness (QED) is 0.822. The Hall–Kier alpha value is -1.58. The number of hydrogen-bond acceptors (Lipinski definition) is 3. The number of rotatable bonds is 4. The van der Waals surface area contributed by atoms with E-state index in [1.807, 2.05) is 13.8 Å². The first-order chi connectivity index (χ1) is 7.07. The van der Waals surface area contributed by atoms with Gasteiger partial charge in [-0.1, -0.05) is 13.8 Å². The number of carboxylic acid groups (broad SMARTS) is 1. The predicted molar refractivity (Wildman–Crippen MR) is 56.0 cm³/mol. The van der Waals surface area contributed by atoms with Crippen molar-refractivity contribution in [2.24, 2.45) is 5.92 Å². The molecule has 1 aromatic heterocycles. The summed E-state index contributed by atoms with van der Waals surface area (Å²) in [6, 6.07) is 1.69. The number of nitrogens with zero attached hydrogens (tertiary/aromatic N) is 1. The van der Waals surface area contributed by atoms with Gasteiger partial charge >= 0.3 is 5.97 Å². The number of carboxylic acids is 1. The lowest BCUT2D eigenvalue weighted by Crippen LogP contribution is -2.18. The van der Waals surface area contributed by atoms with E-state index >= 15 is 0 Å². The lowest BCUT2D eigenvalue weighted by atomic mass is 9.88. The fourth-order valence-corrected chi connectivity index (χ4v) is 1.60. The fourth-order valence-electron chi connectivity index (χ4n) is 1.60. The van der Waals surface area contributed by atoms with Crippen LogP contribution in [0, 0.1) is 5.92 Å². The van der Waals surface area contributed by atoms with E-state index in [9.17, 15) is 4.79 Å². The summed E-state index contributed by atoms with van der Waals surface area (Å²) in [5.41, 5.74) is 0.676. The molecule has 0 radical (unpaired) electrons. The van der Waals surface area contributed by atoms with Gasteiger partial charge in [0.2, 0.25) is 0 Å². The Kier molecular flexibility index (Phi) is 3.66. The van der Waals surface area contributed by atoms with E-state index in [4.69, 9.17) is 9.84 Å². The number of pyridine rings is 1.